The van der Waals surface area contributed by atoms with Gasteiger partial charge in [-0.3, -0.25) is 9.69 Å². The van der Waals surface area contributed by atoms with Crippen molar-refractivity contribution in [1.82, 2.24) is 10.2 Å². The third kappa shape index (κ3) is 9.62. The molecule has 308 valence electrons. The van der Waals surface area contributed by atoms with Gasteiger partial charge < -0.3 is 24.6 Å². The van der Waals surface area contributed by atoms with Crippen LogP contribution in [0.2, 0.25) is 15.1 Å². The number of ether oxygens (including phenoxy) is 3. The van der Waals surface area contributed by atoms with Crippen molar-refractivity contribution in [3.05, 3.63) is 181 Å². The van der Waals surface area contributed by atoms with Crippen LogP contribution in [0.25, 0.3) is 11.1 Å². The van der Waals surface area contributed by atoms with Crippen molar-refractivity contribution in [3.8, 4) is 34.4 Å². The Morgan fingerprint density at radius 2 is 1.56 bits per heavy atom. The number of halogens is 4. The number of benzene rings is 6. The minimum absolute atomic E-state index is 0.00583. The Balaban J connectivity index is 0.980. The van der Waals surface area contributed by atoms with E-state index >= 15 is 4.39 Å². The van der Waals surface area contributed by atoms with Crippen LogP contribution in [0.5, 0.6) is 17.2 Å². The number of aliphatic carboxylic acids is 1. The summed E-state index contributed by atoms with van der Waals surface area (Å²) in [5.41, 5.74) is 6.74. The first kappa shape index (κ1) is 41.6. The van der Waals surface area contributed by atoms with Crippen LogP contribution in [-0.4, -0.2) is 40.6 Å². The molecule has 0 spiro atoms. The lowest BCUT2D eigenvalue weighted by Gasteiger charge is -2.38. The predicted molar refractivity (Wildman–Crippen MR) is 231 cm³/mol. The van der Waals surface area contributed by atoms with Gasteiger partial charge in [0.15, 0.2) is 17.6 Å². The second-order valence-corrected chi connectivity index (χ2v) is 16.1. The molecule has 1 amide bonds. The summed E-state index contributed by atoms with van der Waals surface area (Å²) in [4.78, 5) is 28.6. The van der Waals surface area contributed by atoms with Gasteiger partial charge in [0.1, 0.15) is 30.8 Å². The Labute approximate surface area is 366 Å². The molecule has 2 N–H and O–H groups in total. The molecule has 9 nitrogen and oxygen atoms in total. The van der Waals surface area contributed by atoms with Gasteiger partial charge in [-0.25, -0.2) is 9.18 Å². The molecule has 1 unspecified atom stereocenters. The lowest BCUT2D eigenvalue weighted by Crippen LogP contribution is -2.54. The van der Waals surface area contributed by atoms with E-state index in [1.54, 1.807) is 35.2 Å². The minimum Gasteiger partial charge on any atom is -0.489 e. The van der Waals surface area contributed by atoms with Crippen LogP contribution in [0, 0.1) is 17.1 Å². The second-order valence-electron chi connectivity index (χ2n) is 14.9. The Hall–Kier alpha value is -6.09. The second kappa shape index (κ2) is 18.3. The lowest BCUT2D eigenvalue weighted by molar-refractivity contribution is -0.142. The minimum atomic E-state index is -1.24. The van der Waals surface area contributed by atoms with Crippen LogP contribution < -0.4 is 19.5 Å². The van der Waals surface area contributed by atoms with Crippen LogP contribution in [0.1, 0.15) is 45.0 Å². The fourth-order valence-corrected chi connectivity index (χ4v) is 8.07. The maximum Gasteiger partial charge on any atom is 0.326 e. The largest absolute Gasteiger partial charge is 0.489 e. The van der Waals surface area contributed by atoms with E-state index < -0.39 is 35.9 Å². The molecule has 2 heterocycles. The standard InChI is InChI=1S/C48H37Cl3FN3O6/c49-38-2-1-3-41(52)37(38)25-55-24-35-22-45-44(60-27-46(61-45)33-13-15-36(16-14-33)59-26-30-8-17-39(50)40(51)18-30)21-34(35)20-43(55)47(56)54-42(48(57)58)19-28-4-9-31(10-5-28)32-11-6-29(23-53)7-12-32/h1-18,21-22,42-43,46H,19-20,24-27H2,(H,54,56)(H,57,58)/t42?,43-,46+/m0/s1. The van der Waals surface area contributed by atoms with Gasteiger partial charge in [-0.05, 0) is 106 Å². The number of carboxylic acids is 1. The van der Waals surface area contributed by atoms with Crippen LogP contribution >= 0.6 is 34.8 Å². The number of carbonyl (C=O) groups is 2. The highest BCUT2D eigenvalue weighted by molar-refractivity contribution is 6.42. The van der Waals surface area contributed by atoms with Crippen molar-refractivity contribution in [1.29, 1.82) is 5.26 Å². The number of nitrogens with one attached hydrogen (secondary N) is 1. The average molecular weight is 877 g/mol. The Morgan fingerprint density at radius 1 is 0.852 bits per heavy atom. The SMILES string of the molecule is N#Cc1ccc(-c2ccc(CC(NC(=O)[C@@H]3Cc4cc5c(cc4CN3Cc3c(F)cccc3Cl)O[C@@H](c3ccc(OCc4ccc(Cl)c(Cl)c4)cc3)CO5)C(=O)O)cc2)cc1. The van der Waals surface area contributed by atoms with Crippen molar-refractivity contribution >= 4 is 46.7 Å². The molecule has 2 aliphatic heterocycles. The molecule has 0 fully saturated rings. The molecule has 6 aromatic carbocycles. The maximum atomic E-state index is 15.2. The monoisotopic (exact) mass is 875 g/mol. The van der Waals surface area contributed by atoms with Gasteiger partial charge in [0.2, 0.25) is 5.91 Å². The quantitative estimate of drug-likeness (QED) is 0.125. The van der Waals surface area contributed by atoms with Crippen molar-refractivity contribution in [2.24, 2.45) is 0 Å². The third-order valence-electron chi connectivity index (χ3n) is 10.9. The van der Waals surface area contributed by atoms with Crippen LogP contribution in [0.3, 0.4) is 0 Å². The summed E-state index contributed by atoms with van der Waals surface area (Å²) < 4.78 is 33.8. The summed E-state index contributed by atoms with van der Waals surface area (Å²) in [6.45, 7) is 0.774. The molecule has 0 saturated heterocycles. The first-order valence-electron chi connectivity index (χ1n) is 19.4. The highest BCUT2D eigenvalue weighted by atomic mass is 35.5. The van der Waals surface area contributed by atoms with E-state index in [0.29, 0.717) is 45.0 Å². The number of hydrogen-bond acceptors (Lipinski definition) is 7. The van der Waals surface area contributed by atoms with E-state index in [1.807, 2.05) is 78.9 Å². The molecule has 13 heteroatoms. The van der Waals surface area contributed by atoms with Crippen molar-refractivity contribution < 1.29 is 33.3 Å². The zero-order chi connectivity index (χ0) is 42.6. The molecule has 8 rings (SSSR count). The first-order valence-corrected chi connectivity index (χ1v) is 20.6. The van der Waals surface area contributed by atoms with Gasteiger partial charge in [0.05, 0.1) is 27.7 Å². The maximum absolute atomic E-state index is 15.2. The summed E-state index contributed by atoms with van der Waals surface area (Å²) in [7, 11) is 0. The van der Waals surface area contributed by atoms with Crippen LogP contribution in [-0.2, 0) is 42.1 Å². The molecule has 0 bridgehead atoms. The topological polar surface area (TPSA) is 121 Å². The summed E-state index contributed by atoms with van der Waals surface area (Å²) >= 11 is 18.7. The summed E-state index contributed by atoms with van der Waals surface area (Å²) in [5, 5.41) is 23.3. The van der Waals surface area contributed by atoms with Gasteiger partial charge in [0, 0.05) is 30.1 Å². The van der Waals surface area contributed by atoms with E-state index in [2.05, 4.69) is 11.4 Å². The molecule has 0 aromatic heterocycles. The summed E-state index contributed by atoms with van der Waals surface area (Å²) in [6, 6.07) is 35.6. The number of carboxylic acid groups (broad SMARTS) is 1. The number of rotatable bonds is 12. The van der Waals surface area contributed by atoms with Gasteiger partial charge in [-0.2, -0.15) is 5.26 Å². The highest BCUT2D eigenvalue weighted by Crippen LogP contribution is 2.41. The molecule has 0 saturated carbocycles. The molecule has 0 aliphatic carbocycles. The number of carbonyl (C=O) groups excluding carboxylic acids is 1. The molecule has 0 radical (unpaired) electrons. The normalized spacial score (nSPS) is 16.2. The van der Waals surface area contributed by atoms with E-state index in [9.17, 15) is 14.7 Å². The molecule has 3 atom stereocenters. The number of amides is 1. The Morgan fingerprint density at radius 3 is 2.25 bits per heavy atom. The molecule has 2 aliphatic rings. The summed E-state index contributed by atoms with van der Waals surface area (Å²) in [6.07, 6.45) is -0.182. The van der Waals surface area contributed by atoms with Crippen molar-refractivity contribution in [2.45, 2.75) is 50.7 Å². The smallest absolute Gasteiger partial charge is 0.326 e. The number of nitrogens with zero attached hydrogens (tertiary/aromatic N) is 2. The zero-order valence-electron chi connectivity index (χ0n) is 32.4. The number of nitriles is 1. The van der Waals surface area contributed by atoms with Crippen LogP contribution in [0.4, 0.5) is 4.39 Å². The van der Waals surface area contributed by atoms with Crippen molar-refractivity contribution in [3.63, 3.8) is 0 Å². The first-order chi connectivity index (χ1) is 29.5. The Kier molecular flexibility index (Phi) is 12.5. The summed E-state index contributed by atoms with van der Waals surface area (Å²) in [5.74, 6) is -0.504. The fraction of sp³-hybridized carbons (Fsp3) is 0.188. The molecular formula is C48H37Cl3FN3O6. The number of hydrogen-bond donors (Lipinski definition) is 2. The fourth-order valence-electron chi connectivity index (χ4n) is 7.53. The van der Waals surface area contributed by atoms with E-state index in [1.165, 1.54) is 12.1 Å². The average Bonchev–Trinajstić information content (AvgIpc) is 3.27. The number of fused-ring (bicyclic) bond motifs is 2. The Bertz CT molecular complexity index is 2620. The van der Waals surface area contributed by atoms with E-state index in [4.69, 9.17) is 54.3 Å². The van der Waals surface area contributed by atoms with Crippen LogP contribution in [0.15, 0.2) is 121 Å². The predicted octanol–water partition coefficient (Wildman–Crippen LogP) is 10.2. The van der Waals surface area contributed by atoms with Gasteiger partial charge in [-0.1, -0.05) is 95.5 Å². The molecule has 6 aromatic rings. The highest BCUT2D eigenvalue weighted by Gasteiger charge is 2.36. The lowest BCUT2D eigenvalue weighted by atomic mass is 9.91. The molecular weight excluding hydrogens is 840 g/mol. The van der Waals surface area contributed by atoms with E-state index in [-0.39, 0.29) is 43.1 Å². The van der Waals surface area contributed by atoms with Crippen molar-refractivity contribution in [2.75, 3.05) is 6.61 Å². The van der Waals surface area contributed by atoms with Gasteiger partial charge in [0.25, 0.3) is 0 Å². The zero-order valence-corrected chi connectivity index (χ0v) is 34.7. The van der Waals surface area contributed by atoms with Gasteiger partial charge >= 0.3 is 5.97 Å². The van der Waals surface area contributed by atoms with Gasteiger partial charge in [-0.15, -0.1) is 0 Å². The molecule has 61 heavy (non-hydrogen) atoms. The van der Waals surface area contributed by atoms with E-state index in [0.717, 1.165) is 33.4 Å². The third-order valence-corrected chi connectivity index (χ3v) is 12.0.